The summed E-state index contributed by atoms with van der Waals surface area (Å²) in [6.07, 6.45) is 2.11. The minimum atomic E-state index is 0.0255. The molecule has 2 aliphatic rings. The Bertz CT molecular complexity index is 229. The number of nitrogens with two attached hydrogens (primary N) is 1. The van der Waals surface area contributed by atoms with E-state index in [2.05, 4.69) is 5.32 Å². The predicted octanol–water partition coefficient (Wildman–Crippen LogP) is -1.08. The van der Waals surface area contributed by atoms with Crippen LogP contribution >= 0.6 is 0 Å². The number of ether oxygens (including phenoxy) is 1. The van der Waals surface area contributed by atoms with Crippen LogP contribution < -0.4 is 11.1 Å². The van der Waals surface area contributed by atoms with Crippen LogP contribution in [0.5, 0.6) is 0 Å². The first-order chi connectivity index (χ1) is 7.31. The molecule has 0 aromatic rings. The highest BCUT2D eigenvalue weighted by Crippen LogP contribution is 2.16. The van der Waals surface area contributed by atoms with Gasteiger partial charge in [-0.25, -0.2) is 0 Å². The number of carbonyl (C=O) groups excluding carboxylic acids is 1. The molecule has 2 heterocycles. The largest absolute Gasteiger partial charge is 0.365 e. The predicted molar refractivity (Wildman–Crippen MR) is 56.4 cm³/mol. The Hall–Kier alpha value is -0.650. The van der Waals surface area contributed by atoms with Crippen molar-refractivity contribution in [2.45, 2.75) is 25.0 Å². The Morgan fingerprint density at radius 2 is 2.20 bits per heavy atom. The first kappa shape index (κ1) is 10.9. The van der Waals surface area contributed by atoms with Crippen LogP contribution in [0.3, 0.4) is 0 Å². The highest BCUT2D eigenvalue weighted by Gasteiger charge is 2.31. The van der Waals surface area contributed by atoms with Crippen LogP contribution in [0.15, 0.2) is 0 Å². The maximum atomic E-state index is 11.7. The molecular formula is C10H19N3O2. The van der Waals surface area contributed by atoms with Gasteiger partial charge in [0.15, 0.2) is 0 Å². The van der Waals surface area contributed by atoms with E-state index in [-0.39, 0.29) is 18.6 Å². The second kappa shape index (κ2) is 4.92. The van der Waals surface area contributed by atoms with Crippen molar-refractivity contribution in [2.75, 3.05) is 32.8 Å². The quantitative estimate of drug-likeness (QED) is 0.612. The van der Waals surface area contributed by atoms with E-state index in [9.17, 15) is 4.79 Å². The average Bonchev–Trinajstić information content (AvgIpc) is 2.31. The number of hydrogen-bond acceptors (Lipinski definition) is 4. The first-order valence-electron chi connectivity index (χ1n) is 5.63. The Labute approximate surface area is 89.9 Å². The molecular weight excluding hydrogens is 194 g/mol. The van der Waals surface area contributed by atoms with Gasteiger partial charge in [-0.3, -0.25) is 4.79 Å². The molecule has 0 bridgehead atoms. The standard InChI is InChI=1S/C10H19N3O2/c11-5-9-6-13(10(14)7-15-9)8-1-3-12-4-2-8/h8-9,12H,1-7,11H2. The smallest absolute Gasteiger partial charge is 0.248 e. The number of rotatable bonds is 2. The van der Waals surface area contributed by atoms with Crippen molar-refractivity contribution in [1.29, 1.82) is 0 Å². The van der Waals surface area contributed by atoms with Crippen LogP contribution in [0.4, 0.5) is 0 Å². The van der Waals surface area contributed by atoms with Crippen LogP contribution in [0.1, 0.15) is 12.8 Å². The number of morpholine rings is 1. The van der Waals surface area contributed by atoms with Gasteiger partial charge in [-0.15, -0.1) is 0 Å². The maximum absolute atomic E-state index is 11.7. The van der Waals surface area contributed by atoms with Crippen molar-refractivity contribution in [3.8, 4) is 0 Å². The summed E-state index contributed by atoms with van der Waals surface area (Å²) < 4.78 is 5.33. The molecule has 1 amide bonds. The van der Waals surface area contributed by atoms with Gasteiger partial charge in [-0.1, -0.05) is 0 Å². The number of hydrogen-bond donors (Lipinski definition) is 2. The first-order valence-corrected chi connectivity index (χ1v) is 5.63. The molecule has 2 aliphatic heterocycles. The summed E-state index contributed by atoms with van der Waals surface area (Å²) in [5, 5.41) is 3.30. The van der Waals surface area contributed by atoms with Gasteiger partial charge < -0.3 is 20.7 Å². The molecule has 2 rings (SSSR count). The molecule has 86 valence electrons. The number of carbonyl (C=O) groups is 1. The molecule has 1 unspecified atom stereocenters. The second-order valence-corrected chi connectivity index (χ2v) is 4.20. The molecule has 0 saturated carbocycles. The summed E-state index contributed by atoms with van der Waals surface area (Å²) in [5.74, 6) is 0.117. The monoisotopic (exact) mass is 213 g/mol. The van der Waals surface area contributed by atoms with Gasteiger partial charge in [0.05, 0.1) is 6.10 Å². The van der Waals surface area contributed by atoms with E-state index in [1.54, 1.807) is 0 Å². The fourth-order valence-electron chi connectivity index (χ4n) is 2.26. The summed E-state index contributed by atoms with van der Waals surface area (Å²) in [6, 6.07) is 0.386. The van der Waals surface area contributed by atoms with Crippen molar-refractivity contribution in [1.82, 2.24) is 10.2 Å². The third-order valence-corrected chi connectivity index (χ3v) is 3.18. The van der Waals surface area contributed by atoms with E-state index in [1.807, 2.05) is 4.90 Å². The van der Waals surface area contributed by atoms with E-state index >= 15 is 0 Å². The topological polar surface area (TPSA) is 67.6 Å². The number of piperidine rings is 1. The van der Waals surface area contributed by atoms with E-state index < -0.39 is 0 Å². The fourth-order valence-corrected chi connectivity index (χ4v) is 2.26. The van der Waals surface area contributed by atoms with Crippen LogP contribution in [-0.4, -0.2) is 55.7 Å². The Balaban J connectivity index is 1.95. The third kappa shape index (κ3) is 2.48. The molecule has 0 aliphatic carbocycles. The van der Waals surface area contributed by atoms with Gasteiger partial charge in [0.1, 0.15) is 6.61 Å². The molecule has 1 atom stereocenters. The molecule has 5 heteroatoms. The lowest BCUT2D eigenvalue weighted by molar-refractivity contribution is -0.152. The molecule has 0 aromatic carbocycles. The Morgan fingerprint density at radius 1 is 1.47 bits per heavy atom. The van der Waals surface area contributed by atoms with Crippen LogP contribution in [-0.2, 0) is 9.53 Å². The van der Waals surface area contributed by atoms with Crippen LogP contribution in [0.2, 0.25) is 0 Å². The van der Waals surface area contributed by atoms with Gasteiger partial charge in [0.25, 0.3) is 0 Å². The fraction of sp³-hybridized carbons (Fsp3) is 0.900. The Morgan fingerprint density at radius 3 is 2.87 bits per heavy atom. The molecule has 2 saturated heterocycles. The van der Waals surface area contributed by atoms with E-state index in [1.165, 1.54) is 0 Å². The summed E-state index contributed by atoms with van der Waals surface area (Å²) in [5.41, 5.74) is 5.57. The summed E-state index contributed by atoms with van der Waals surface area (Å²) >= 11 is 0. The summed E-state index contributed by atoms with van der Waals surface area (Å²) in [6.45, 7) is 3.37. The normalized spacial score (nSPS) is 29.5. The number of amides is 1. The minimum absolute atomic E-state index is 0.0255. The van der Waals surface area contributed by atoms with Gasteiger partial charge in [-0.05, 0) is 25.9 Å². The lowest BCUT2D eigenvalue weighted by Gasteiger charge is -2.39. The zero-order chi connectivity index (χ0) is 10.7. The average molecular weight is 213 g/mol. The molecule has 5 nitrogen and oxygen atoms in total. The van der Waals surface area contributed by atoms with Crippen LogP contribution in [0, 0.1) is 0 Å². The lowest BCUT2D eigenvalue weighted by Crippen LogP contribution is -2.55. The third-order valence-electron chi connectivity index (χ3n) is 3.18. The second-order valence-electron chi connectivity index (χ2n) is 4.20. The zero-order valence-corrected chi connectivity index (χ0v) is 8.95. The van der Waals surface area contributed by atoms with Crippen molar-refractivity contribution < 1.29 is 9.53 Å². The summed E-state index contributed by atoms with van der Waals surface area (Å²) in [4.78, 5) is 13.7. The van der Waals surface area contributed by atoms with Crippen molar-refractivity contribution in [3.63, 3.8) is 0 Å². The highest BCUT2D eigenvalue weighted by molar-refractivity contribution is 5.78. The maximum Gasteiger partial charge on any atom is 0.248 e. The van der Waals surface area contributed by atoms with E-state index in [0.29, 0.717) is 19.1 Å². The highest BCUT2D eigenvalue weighted by atomic mass is 16.5. The van der Waals surface area contributed by atoms with Crippen molar-refractivity contribution >= 4 is 5.91 Å². The molecule has 3 N–H and O–H groups in total. The molecule has 0 spiro atoms. The molecule has 2 fully saturated rings. The van der Waals surface area contributed by atoms with Crippen molar-refractivity contribution in [3.05, 3.63) is 0 Å². The Kier molecular flexibility index (Phi) is 3.56. The SMILES string of the molecule is NCC1CN(C2CCNCC2)C(=O)CO1. The summed E-state index contributed by atoms with van der Waals surface area (Å²) in [7, 11) is 0. The van der Waals surface area contributed by atoms with Crippen molar-refractivity contribution in [2.24, 2.45) is 5.73 Å². The minimum Gasteiger partial charge on any atom is -0.365 e. The van der Waals surface area contributed by atoms with Gasteiger partial charge >= 0.3 is 0 Å². The molecule has 0 aromatic heterocycles. The lowest BCUT2D eigenvalue weighted by atomic mass is 10.0. The van der Waals surface area contributed by atoms with Gasteiger partial charge in [-0.2, -0.15) is 0 Å². The molecule has 15 heavy (non-hydrogen) atoms. The molecule has 0 radical (unpaired) electrons. The number of nitrogens with zero attached hydrogens (tertiary/aromatic N) is 1. The number of nitrogens with one attached hydrogen (secondary N) is 1. The van der Waals surface area contributed by atoms with E-state index in [0.717, 1.165) is 25.9 Å². The van der Waals surface area contributed by atoms with Gasteiger partial charge in [0, 0.05) is 19.1 Å². The van der Waals surface area contributed by atoms with Gasteiger partial charge in [0.2, 0.25) is 5.91 Å². The zero-order valence-electron chi connectivity index (χ0n) is 8.95. The van der Waals surface area contributed by atoms with E-state index in [4.69, 9.17) is 10.5 Å². The van der Waals surface area contributed by atoms with Crippen LogP contribution in [0.25, 0.3) is 0 Å².